The monoisotopic (exact) mass is 825 g/mol. The second kappa shape index (κ2) is 15.5. The Bertz CT molecular complexity index is 3850. The molecule has 1 heterocycles. The van der Waals surface area contributed by atoms with E-state index < -0.39 is 0 Å². The molecule has 0 bridgehead atoms. The molecule has 0 fully saturated rings. The van der Waals surface area contributed by atoms with Crippen molar-refractivity contribution in [3.63, 3.8) is 0 Å². The molecule has 66 heavy (non-hydrogen) atoms. The summed E-state index contributed by atoms with van der Waals surface area (Å²) in [5, 5.41) is 13.3. The molecular formula is C46H47B19O. The van der Waals surface area contributed by atoms with Gasteiger partial charge in [0, 0.05) is 10.8 Å². The molecule has 0 unspecified atom stereocenters. The average Bonchev–Trinajstić information content (AvgIpc) is 3.72. The highest BCUT2D eigenvalue weighted by molar-refractivity contribution is 6.74. The predicted molar refractivity (Wildman–Crippen MR) is 355 cm³/mol. The molecule has 10 rings (SSSR count). The first-order valence-corrected chi connectivity index (χ1v) is 24.1. The molecule has 1 nitrogen and oxygen atoms in total. The normalized spacial score (nSPS) is 11.9. The molecular weight excluding hydrogens is 774 g/mol. The van der Waals surface area contributed by atoms with Crippen molar-refractivity contribution in [2.45, 2.75) is 0 Å². The van der Waals surface area contributed by atoms with Crippen molar-refractivity contribution in [2.75, 3.05) is 0 Å². The zero-order valence-electron chi connectivity index (χ0n) is 43.1. The maximum atomic E-state index is 7.04. The lowest BCUT2D eigenvalue weighted by Gasteiger charge is -2.32. The fraction of sp³-hybridized carbons (Fsp3) is 0. The van der Waals surface area contributed by atoms with E-state index in [1.807, 2.05) is 0 Å². The molecule has 0 saturated heterocycles. The van der Waals surface area contributed by atoms with Crippen LogP contribution in [0, 0.1) is 0 Å². The van der Waals surface area contributed by atoms with Gasteiger partial charge >= 0.3 is 0 Å². The van der Waals surface area contributed by atoms with Crippen LogP contribution in [0.1, 0.15) is 0 Å². The van der Waals surface area contributed by atoms with Crippen LogP contribution >= 0.6 is 0 Å². The molecule has 0 spiro atoms. The lowest BCUT2D eigenvalue weighted by Crippen LogP contribution is -2.51. The predicted octanol–water partition coefficient (Wildman–Crippen LogP) is -19.9. The molecule has 0 radical (unpaired) electrons. The van der Waals surface area contributed by atoms with Crippen LogP contribution in [0.4, 0.5) is 0 Å². The zero-order chi connectivity index (χ0) is 47.4. The smallest absolute Gasteiger partial charge is 0.143 e. The number of hydrogen-bond donors (Lipinski definition) is 0. The van der Waals surface area contributed by atoms with E-state index in [4.69, 9.17) is 4.42 Å². The summed E-state index contributed by atoms with van der Waals surface area (Å²) in [6, 6.07) is 20.4. The van der Waals surface area contributed by atoms with E-state index in [9.17, 15) is 0 Å². The van der Waals surface area contributed by atoms with Gasteiger partial charge in [-0.25, -0.2) is 0 Å². The number of fused-ring (bicyclic) bond motifs is 8. The molecule has 10 aromatic rings. The van der Waals surface area contributed by atoms with Gasteiger partial charge in [-0.2, -0.15) is 0 Å². The van der Waals surface area contributed by atoms with Gasteiger partial charge in [0.25, 0.3) is 0 Å². The van der Waals surface area contributed by atoms with Gasteiger partial charge in [0.05, 0.1) is 0 Å². The molecule has 0 aliphatic rings. The van der Waals surface area contributed by atoms with Crippen LogP contribution in [0.25, 0.3) is 98.4 Å². The summed E-state index contributed by atoms with van der Waals surface area (Å²) in [6.45, 7) is 0. The van der Waals surface area contributed by atoms with Crippen LogP contribution in [-0.4, -0.2) is 149 Å². The molecule has 0 amide bonds. The Morgan fingerprint density at radius 3 is 1.08 bits per heavy atom. The first-order valence-electron chi connectivity index (χ1n) is 24.1. The van der Waals surface area contributed by atoms with E-state index in [2.05, 4.69) is 204 Å². The first kappa shape index (κ1) is 44.9. The molecule has 9 aromatic carbocycles. The second-order valence-corrected chi connectivity index (χ2v) is 20.5. The summed E-state index contributed by atoms with van der Waals surface area (Å²) >= 11 is 0. The van der Waals surface area contributed by atoms with Crippen LogP contribution in [0.5, 0.6) is 0 Å². The maximum Gasteiger partial charge on any atom is 0.143 e. The summed E-state index contributed by atoms with van der Waals surface area (Å²) in [5.74, 6) is 0. The second-order valence-electron chi connectivity index (χ2n) is 20.5. The first-order chi connectivity index (χ1) is 31.2. The topological polar surface area (TPSA) is 13.1 Å². The van der Waals surface area contributed by atoms with Gasteiger partial charge in [-0.1, -0.05) is 120 Å². The summed E-state index contributed by atoms with van der Waals surface area (Å²) in [7, 11) is 44.7. The van der Waals surface area contributed by atoms with E-state index in [0.717, 1.165) is 11.2 Å². The van der Waals surface area contributed by atoms with Gasteiger partial charge in [-0.15, -0.1) is 32.8 Å². The molecule has 1 aromatic heterocycles. The van der Waals surface area contributed by atoms with Crippen LogP contribution < -0.4 is 104 Å². The fourth-order valence-corrected chi connectivity index (χ4v) is 12.7. The summed E-state index contributed by atoms with van der Waals surface area (Å²) < 4.78 is 7.04. The van der Waals surface area contributed by atoms with Gasteiger partial charge < -0.3 is 4.42 Å². The van der Waals surface area contributed by atoms with Crippen LogP contribution in [0.2, 0.25) is 0 Å². The lowest BCUT2D eigenvalue weighted by molar-refractivity contribution is 0.675. The molecule has 20 heteroatoms. The van der Waals surface area contributed by atoms with E-state index in [-0.39, 0.29) is 0 Å². The van der Waals surface area contributed by atoms with Crippen molar-refractivity contribution in [1.82, 2.24) is 0 Å². The van der Waals surface area contributed by atoms with E-state index in [0.29, 0.717) is 0 Å². The van der Waals surface area contributed by atoms with Crippen molar-refractivity contribution in [3.05, 3.63) is 54.6 Å². The van der Waals surface area contributed by atoms with E-state index in [1.54, 1.807) is 0 Å². The minimum absolute atomic E-state index is 1.03. The molecule has 0 aliphatic carbocycles. The molecule has 0 saturated carbocycles. The van der Waals surface area contributed by atoms with Crippen LogP contribution in [0.15, 0.2) is 59.0 Å². The van der Waals surface area contributed by atoms with Gasteiger partial charge in [0.1, 0.15) is 160 Å². The van der Waals surface area contributed by atoms with Gasteiger partial charge in [-0.05, 0) is 82.5 Å². The molecule has 0 atom stereocenters. The Hall–Kier alpha value is -4.95. The average molecular weight is 821 g/mol. The Kier molecular flexibility index (Phi) is 10.6. The number of furan rings is 1. The van der Waals surface area contributed by atoms with Crippen LogP contribution in [-0.2, 0) is 0 Å². The SMILES string of the molecule is Bc1c(B)c(-c2cc3ccccc3c3ccccc23)c(B)c(-c2c3c(B)c(B)c(B)c(B)c3c(-c3c(B)c(B)c4oc5c(B)c(B)c(B)c(B)c5c4c3B)c3c(B)c(B)c(B)c(B)c23)c1B. The number of benzene rings is 9. The Morgan fingerprint density at radius 1 is 0.242 bits per heavy atom. The third-order valence-corrected chi connectivity index (χ3v) is 17.9. The highest BCUT2D eigenvalue weighted by Crippen LogP contribution is 2.41. The van der Waals surface area contributed by atoms with Crippen LogP contribution in [0.3, 0.4) is 0 Å². The standard InChI is InChI=1S/C46H47B19O/c47-26-15(14-9-10-5-1-2-6-11(10)12-7-3-4-8-13(12)14)28(49)36(57)33(54)22(26)16-18-20(31(52)39(60)37(58)29(18)50)17(21-19(16)30(51)38(59)40(61)32(21)53)23-27(48)24-25-35(56)41(62)42(63)44(65)46(25)66-45(24)43(64)34(23)55/h1-9H,47-65H2. The number of hydrogen-bond acceptors (Lipinski definition) is 1. The quantitative estimate of drug-likeness (QED) is 0.0983. The highest BCUT2D eigenvalue weighted by Gasteiger charge is 2.31. The van der Waals surface area contributed by atoms with Crippen molar-refractivity contribution in [1.29, 1.82) is 0 Å². The zero-order valence-corrected chi connectivity index (χ0v) is 43.1. The van der Waals surface area contributed by atoms with E-state index in [1.165, 1.54) is 191 Å². The lowest BCUT2D eigenvalue weighted by atomic mass is 9.56. The summed E-state index contributed by atoms with van der Waals surface area (Å²) in [4.78, 5) is 0. The Labute approximate surface area is 407 Å². The number of rotatable bonds is 3. The molecule has 294 valence electrons. The van der Waals surface area contributed by atoms with Crippen molar-refractivity contribution in [2.24, 2.45) is 0 Å². The Balaban J connectivity index is 1.49. The molecule has 0 N–H and O–H groups in total. The molecule has 0 aliphatic heterocycles. The fourth-order valence-electron chi connectivity index (χ4n) is 12.7. The summed E-state index contributed by atoms with van der Waals surface area (Å²) in [6.07, 6.45) is 0. The van der Waals surface area contributed by atoms with Gasteiger partial charge in [0.2, 0.25) is 0 Å². The highest BCUT2D eigenvalue weighted by atomic mass is 16.3. The minimum Gasteiger partial charge on any atom is -0.457 e. The van der Waals surface area contributed by atoms with Crippen molar-refractivity contribution < 1.29 is 4.42 Å². The third-order valence-electron chi connectivity index (χ3n) is 17.9. The minimum atomic E-state index is 1.03. The largest absolute Gasteiger partial charge is 0.457 e. The third kappa shape index (κ3) is 5.81. The van der Waals surface area contributed by atoms with Crippen molar-refractivity contribution >= 4 is 318 Å². The van der Waals surface area contributed by atoms with Gasteiger partial charge in [-0.3, -0.25) is 0 Å². The maximum absolute atomic E-state index is 7.04. The van der Waals surface area contributed by atoms with Gasteiger partial charge in [0.15, 0.2) is 0 Å². The Morgan fingerprint density at radius 2 is 0.576 bits per heavy atom. The van der Waals surface area contributed by atoms with E-state index >= 15 is 0 Å². The van der Waals surface area contributed by atoms with Crippen molar-refractivity contribution in [3.8, 4) is 33.4 Å². The summed E-state index contributed by atoms with van der Waals surface area (Å²) in [5.41, 5.74) is 35.7.